The molecule has 8 nitrogen and oxygen atoms in total. The fourth-order valence-corrected chi connectivity index (χ4v) is 6.53. The quantitative estimate of drug-likeness (QED) is 0.676. The smallest absolute Gasteiger partial charge is 0.273 e. The summed E-state index contributed by atoms with van der Waals surface area (Å²) in [5.74, 6) is -0.680. The molecule has 0 bridgehead atoms. The molecule has 3 heterocycles. The van der Waals surface area contributed by atoms with Crippen molar-refractivity contribution in [3.05, 3.63) is 39.6 Å². The van der Waals surface area contributed by atoms with Crippen molar-refractivity contribution in [2.45, 2.75) is 30.0 Å². The molecular weight excluding hydrogens is 446 g/mol. The van der Waals surface area contributed by atoms with Gasteiger partial charge in [-0.3, -0.25) is 20.4 Å². The molecule has 2 aromatic rings. The van der Waals surface area contributed by atoms with Gasteiger partial charge < -0.3 is 4.42 Å². The molecule has 1 saturated heterocycles. The number of rotatable bonds is 4. The number of hydrazine groups is 1. The Morgan fingerprint density at radius 1 is 1.31 bits per heavy atom. The van der Waals surface area contributed by atoms with E-state index in [2.05, 4.69) is 26.8 Å². The molecule has 2 N–H and O–H groups in total. The number of carbonyl (C=O) groups is 2. The molecule has 1 atom stereocenters. The highest BCUT2D eigenvalue weighted by molar-refractivity contribution is 9.11. The largest absolute Gasteiger partial charge is 0.469 e. The monoisotopic (exact) mass is 461 g/mol. The zero-order valence-electron chi connectivity index (χ0n) is 13.7. The number of nitrogens with one attached hydrogen (secondary N) is 2. The van der Waals surface area contributed by atoms with E-state index < -0.39 is 27.9 Å². The van der Waals surface area contributed by atoms with Gasteiger partial charge in [-0.1, -0.05) is 0 Å². The summed E-state index contributed by atoms with van der Waals surface area (Å²) in [6, 6.07) is 3.76. The van der Waals surface area contributed by atoms with Crippen LogP contribution >= 0.6 is 27.3 Å². The van der Waals surface area contributed by atoms with Gasteiger partial charge in [0.2, 0.25) is 0 Å². The van der Waals surface area contributed by atoms with Crippen LogP contribution in [0.25, 0.3) is 0 Å². The van der Waals surface area contributed by atoms with Crippen LogP contribution in [0, 0.1) is 6.92 Å². The molecule has 2 amide bonds. The Balaban J connectivity index is 1.69. The lowest BCUT2D eigenvalue weighted by molar-refractivity contribution is -0.125. The van der Waals surface area contributed by atoms with Crippen molar-refractivity contribution in [3.8, 4) is 0 Å². The van der Waals surface area contributed by atoms with Gasteiger partial charge in [0.1, 0.15) is 16.0 Å². The second-order valence-electron chi connectivity index (χ2n) is 5.67. The van der Waals surface area contributed by atoms with Gasteiger partial charge in [-0.25, -0.2) is 8.42 Å². The molecular formula is C15H16BrN3O5S2. The van der Waals surface area contributed by atoms with E-state index in [1.807, 2.05) is 0 Å². The third-order valence-corrected chi connectivity index (χ3v) is 8.02. The van der Waals surface area contributed by atoms with E-state index in [9.17, 15) is 18.0 Å². The molecule has 2 aromatic heterocycles. The number of carbonyl (C=O) groups excluding carboxylic acids is 2. The van der Waals surface area contributed by atoms with Gasteiger partial charge >= 0.3 is 0 Å². The lowest BCUT2D eigenvalue weighted by atomic mass is 10.2. The second-order valence-corrected chi connectivity index (χ2v) is 10.2. The first kappa shape index (κ1) is 19.1. The fourth-order valence-electron chi connectivity index (χ4n) is 2.73. The summed E-state index contributed by atoms with van der Waals surface area (Å²) in [6.07, 6.45) is 2.33. The summed E-state index contributed by atoms with van der Waals surface area (Å²) < 4.78 is 32.6. The first-order chi connectivity index (χ1) is 12.3. The normalized spacial score (nSPS) is 18.0. The molecule has 11 heteroatoms. The van der Waals surface area contributed by atoms with Crippen LogP contribution in [0.15, 0.2) is 36.9 Å². The highest BCUT2D eigenvalue weighted by atomic mass is 79.9. The third kappa shape index (κ3) is 3.70. The predicted octanol–water partition coefficient (Wildman–Crippen LogP) is 2.03. The third-order valence-electron chi connectivity index (χ3n) is 4.02. The molecule has 0 saturated carbocycles. The summed E-state index contributed by atoms with van der Waals surface area (Å²) in [4.78, 5) is 24.5. The highest BCUT2D eigenvalue weighted by Gasteiger charge is 2.40. The van der Waals surface area contributed by atoms with E-state index in [-0.39, 0.29) is 10.8 Å². The zero-order chi connectivity index (χ0) is 18.9. The van der Waals surface area contributed by atoms with E-state index in [0.29, 0.717) is 28.0 Å². The van der Waals surface area contributed by atoms with Crippen LogP contribution in [0.5, 0.6) is 0 Å². The Kier molecular flexibility index (Phi) is 5.51. The fraction of sp³-hybridized carbons (Fsp3) is 0.333. The standard InChI is InChI=1S/C15H16BrN3O5S2/c1-9-10(6-8-24-9)14(20)17-18-15(21)11-3-2-7-19(11)26(22,23)13-5-4-12(16)25-13/h4-6,8,11H,2-3,7H2,1H3,(H,17,20)(H,18,21). The number of furan rings is 1. The predicted molar refractivity (Wildman–Crippen MR) is 98.0 cm³/mol. The maximum Gasteiger partial charge on any atom is 0.273 e. The summed E-state index contributed by atoms with van der Waals surface area (Å²) in [5.41, 5.74) is 4.90. The van der Waals surface area contributed by atoms with Crippen molar-refractivity contribution >= 4 is 49.1 Å². The number of halogens is 1. The van der Waals surface area contributed by atoms with Crippen LogP contribution in [0.3, 0.4) is 0 Å². The average molecular weight is 462 g/mol. The summed E-state index contributed by atoms with van der Waals surface area (Å²) in [5, 5.41) is 0. The molecule has 140 valence electrons. The Morgan fingerprint density at radius 3 is 2.69 bits per heavy atom. The SMILES string of the molecule is Cc1occc1C(=O)NNC(=O)C1CCCN1S(=O)(=O)c1ccc(Br)s1. The molecule has 1 unspecified atom stereocenters. The molecule has 1 fully saturated rings. The maximum atomic E-state index is 12.8. The van der Waals surface area contributed by atoms with Crippen molar-refractivity contribution in [2.24, 2.45) is 0 Å². The first-order valence-corrected chi connectivity index (χ1v) is 10.8. The van der Waals surface area contributed by atoms with Crippen LogP contribution in [0.1, 0.15) is 29.0 Å². The number of sulfonamides is 1. The minimum atomic E-state index is -3.77. The number of amides is 2. The number of hydrogen-bond donors (Lipinski definition) is 2. The van der Waals surface area contributed by atoms with Crippen molar-refractivity contribution in [3.63, 3.8) is 0 Å². The lowest BCUT2D eigenvalue weighted by Crippen LogP contribution is -2.51. The van der Waals surface area contributed by atoms with Crippen LogP contribution in [0.2, 0.25) is 0 Å². The van der Waals surface area contributed by atoms with Crippen molar-refractivity contribution in [1.82, 2.24) is 15.2 Å². The van der Waals surface area contributed by atoms with Crippen LogP contribution in [-0.2, 0) is 14.8 Å². The Bertz CT molecular complexity index is 937. The molecule has 0 aliphatic carbocycles. The molecule has 0 spiro atoms. The molecule has 26 heavy (non-hydrogen) atoms. The molecule has 0 radical (unpaired) electrons. The number of hydrogen-bond acceptors (Lipinski definition) is 6. The maximum absolute atomic E-state index is 12.8. The minimum absolute atomic E-state index is 0.169. The van der Waals surface area contributed by atoms with E-state index in [0.717, 1.165) is 11.3 Å². The first-order valence-electron chi connectivity index (χ1n) is 7.72. The van der Waals surface area contributed by atoms with Gasteiger partial charge in [-0.2, -0.15) is 4.31 Å². The Hall–Kier alpha value is -1.69. The molecule has 1 aliphatic heterocycles. The zero-order valence-corrected chi connectivity index (χ0v) is 16.9. The number of aryl methyl sites for hydroxylation is 1. The average Bonchev–Trinajstić information content (AvgIpc) is 3.32. The second kappa shape index (κ2) is 7.51. The van der Waals surface area contributed by atoms with Gasteiger partial charge in [-0.15, -0.1) is 11.3 Å². The van der Waals surface area contributed by atoms with Gasteiger partial charge in [0.25, 0.3) is 21.8 Å². The van der Waals surface area contributed by atoms with Crippen LogP contribution in [0.4, 0.5) is 0 Å². The summed E-state index contributed by atoms with van der Waals surface area (Å²) in [7, 11) is -3.77. The van der Waals surface area contributed by atoms with E-state index >= 15 is 0 Å². The van der Waals surface area contributed by atoms with E-state index in [1.165, 1.54) is 22.7 Å². The molecule has 1 aliphatic rings. The van der Waals surface area contributed by atoms with Gasteiger partial charge in [0.05, 0.1) is 15.6 Å². The summed E-state index contributed by atoms with van der Waals surface area (Å²) >= 11 is 4.33. The topological polar surface area (TPSA) is 109 Å². The lowest BCUT2D eigenvalue weighted by Gasteiger charge is -2.22. The number of nitrogens with zero attached hydrogens (tertiary/aromatic N) is 1. The van der Waals surface area contributed by atoms with Crippen molar-refractivity contribution in [1.29, 1.82) is 0 Å². The Morgan fingerprint density at radius 2 is 2.08 bits per heavy atom. The van der Waals surface area contributed by atoms with Gasteiger partial charge in [-0.05, 0) is 53.9 Å². The summed E-state index contributed by atoms with van der Waals surface area (Å²) in [6.45, 7) is 1.88. The van der Waals surface area contributed by atoms with Gasteiger partial charge in [0, 0.05) is 6.54 Å². The molecule has 0 aromatic carbocycles. The van der Waals surface area contributed by atoms with Crippen LogP contribution in [-0.4, -0.2) is 37.1 Å². The highest BCUT2D eigenvalue weighted by Crippen LogP contribution is 2.32. The minimum Gasteiger partial charge on any atom is -0.469 e. The van der Waals surface area contributed by atoms with Gasteiger partial charge in [0.15, 0.2) is 0 Å². The van der Waals surface area contributed by atoms with Crippen LogP contribution < -0.4 is 10.9 Å². The Labute approximate surface area is 162 Å². The van der Waals surface area contributed by atoms with E-state index in [1.54, 1.807) is 13.0 Å². The van der Waals surface area contributed by atoms with Crippen molar-refractivity contribution < 1.29 is 22.4 Å². The van der Waals surface area contributed by atoms with Crippen molar-refractivity contribution in [2.75, 3.05) is 6.54 Å². The molecule has 3 rings (SSSR count). The van der Waals surface area contributed by atoms with E-state index in [4.69, 9.17) is 4.42 Å². The number of thiophene rings is 1.